The van der Waals surface area contributed by atoms with Crippen molar-refractivity contribution in [3.05, 3.63) is 35.0 Å². The van der Waals surface area contributed by atoms with Crippen LogP contribution in [0, 0.1) is 11.3 Å². The van der Waals surface area contributed by atoms with Crippen LogP contribution in [-0.4, -0.2) is 14.2 Å². The van der Waals surface area contributed by atoms with Crippen molar-refractivity contribution >= 4 is 5.52 Å². The van der Waals surface area contributed by atoms with Crippen LogP contribution in [0.4, 0.5) is 0 Å². The van der Waals surface area contributed by atoms with Crippen LogP contribution in [0.1, 0.15) is 0 Å². The molecule has 2 aromatic heterocycles. The molecule has 5 heteroatoms. The van der Waals surface area contributed by atoms with Gasteiger partial charge in [-0.25, -0.2) is 4.52 Å². The monoisotopic (exact) mass is 174 g/mol. The van der Waals surface area contributed by atoms with Crippen molar-refractivity contribution in [2.45, 2.75) is 6.54 Å². The SMILES string of the molecule is N#CCn1ccn2nccc2c1=O. The molecule has 0 atom stereocenters. The molecule has 0 aliphatic carbocycles. The zero-order valence-electron chi connectivity index (χ0n) is 6.71. The Kier molecular flexibility index (Phi) is 1.60. The number of fused-ring (bicyclic) bond motifs is 1. The van der Waals surface area contributed by atoms with Crippen LogP contribution in [0.3, 0.4) is 0 Å². The van der Waals surface area contributed by atoms with Gasteiger partial charge in [0.15, 0.2) is 0 Å². The molecule has 0 radical (unpaired) electrons. The predicted molar refractivity (Wildman–Crippen MR) is 45.1 cm³/mol. The maximum atomic E-state index is 11.5. The summed E-state index contributed by atoms with van der Waals surface area (Å²) in [5.74, 6) is 0. The van der Waals surface area contributed by atoms with Gasteiger partial charge in [0, 0.05) is 12.4 Å². The van der Waals surface area contributed by atoms with E-state index >= 15 is 0 Å². The summed E-state index contributed by atoms with van der Waals surface area (Å²) < 4.78 is 2.83. The van der Waals surface area contributed by atoms with Gasteiger partial charge < -0.3 is 0 Å². The highest BCUT2D eigenvalue weighted by Crippen LogP contribution is 1.93. The molecule has 2 aromatic rings. The lowest BCUT2D eigenvalue weighted by atomic mass is 10.5. The molecule has 2 rings (SSSR count). The standard InChI is InChI=1S/C8H6N4O/c9-2-4-11-5-6-12-7(8(11)13)1-3-10-12/h1,3,5-6H,4H2. The molecule has 0 aliphatic heterocycles. The molecule has 0 spiro atoms. The first-order valence-corrected chi connectivity index (χ1v) is 3.72. The van der Waals surface area contributed by atoms with Crippen LogP contribution in [0.5, 0.6) is 0 Å². The minimum atomic E-state index is -0.193. The first-order chi connectivity index (χ1) is 6.33. The quantitative estimate of drug-likeness (QED) is 0.612. The van der Waals surface area contributed by atoms with E-state index in [0.29, 0.717) is 5.52 Å². The lowest BCUT2D eigenvalue weighted by Crippen LogP contribution is -2.20. The van der Waals surface area contributed by atoms with E-state index in [0.717, 1.165) is 0 Å². The van der Waals surface area contributed by atoms with E-state index in [1.54, 1.807) is 24.7 Å². The van der Waals surface area contributed by atoms with E-state index in [1.807, 2.05) is 6.07 Å². The van der Waals surface area contributed by atoms with Crippen molar-refractivity contribution < 1.29 is 0 Å². The highest BCUT2D eigenvalue weighted by molar-refractivity contribution is 5.42. The second-order valence-electron chi connectivity index (χ2n) is 2.55. The number of hydrogen-bond acceptors (Lipinski definition) is 3. The van der Waals surface area contributed by atoms with E-state index < -0.39 is 0 Å². The summed E-state index contributed by atoms with van der Waals surface area (Å²) in [5, 5.41) is 12.3. The molecule has 0 fully saturated rings. The van der Waals surface area contributed by atoms with Crippen molar-refractivity contribution in [3.8, 4) is 6.07 Å². The average Bonchev–Trinajstić information content (AvgIpc) is 2.58. The highest BCUT2D eigenvalue weighted by Gasteiger charge is 2.01. The molecular formula is C8H6N4O. The van der Waals surface area contributed by atoms with Gasteiger partial charge in [-0.2, -0.15) is 10.4 Å². The Morgan fingerprint density at radius 1 is 1.54 bits per heavy atom. The third-order valence-electron chi connectivity index (χ3n) is 1.78. The van der Waals surface area contributed by atoms with Gasteiger partial charge in [-0.15, -0.1) is 0 Å². The van der Waals surface area contributed by atoms with Crippen LogP contribution in [0.25, 0.3) is 5.52 Å². The number of hydrogen-bond donors (Lipinski definition) is 0. The predicted octanol–water partition coefficient (Wildman–Crippen LogP) is 0.0196. The summed E-state index contributed by atoms with van der Waals surface area (Å²) in [6, 6.07) is 3.54. The van der Waals surface area contributed by atoms with Gasteiger partial charge in [-0.05, 0) is 6.07 Å². The van der Waals surface area contributed by atoms with E-state index in [4.69, 9.17) is 5.26 Å². The number of nitriles is 1. The zero-order valence-corrected chi connectivity index (χ0v) is 6.71. The Balaban J connectivity index is 2.75. The Bertz CT molecular complexity index is 531. The first kappa shape index (κ1) is 7.55. The smallest absolute Gasteiger partial charge is 0.277 e. The Hall–Kier alpha value is -2.09. The summed E-state index contributed by atoms with van der Waals surface area (Å²) in [4.78, 5) is 11.5. The Labute approximate surface area is 73.5 Å². The lowest BCUT2D eigenvalue weighted by molar-refractivity contribution is 0.767. The molecule has 5 nitrogen and oxygen atoms in total. The van der Waals surface area contributed by atoms with Crippen molar-refractivity contribution in [1.82, 2.24) is 14.2 Å². The summed E-state index contributed by atoms with van der Waals surface area (Å²) in [6.45, 7) is 0.0700. The van der Waals surface area contributed by atoms with Crippen LogP contribution >= 0.6 is 0 Å². The molecule has 0 saturated carbocycles. The minimum Gasteiger partial charge on any atom is -0.298 e. The molecule has 0 N–H and O–H groups in total. The summed E-state index contributed by atoms with van der Waals surface area (Å²) in [7, 11) is 0. The molecule has 0 aromatic carbocycles. The molecule has 0 bridgehead atoms. The van der Waals surface area contributed by atoms with Gasteiger partial charge in [-0.3, -0.25) is 9.36 Å². The lowest BCUT2D eigenvalue weighted by Gasteiger charge is -1.98. The fourth-order valence-electron chi connectivity index (χ4n) is 1.16. The van der Waals surface area contributed by atoms with Gasteiger partial charge in [0.25, 0.3) is 5.56 Å². The zero-order chi connectivity index (χ0) is 9.26. The van der Waals surface area contributed by atoms with Crippen molar-refractivity contribution in [2.24, 2.45) is 0 Å². The molecule has 0 amide bonds. The van der Waals surface area contributed by atoms with Gasteiger partial charge >= 0.3 is 0 Å². The van der Waals surface area contributed by atoms with Crippen LogP contribution < -0.4 is 5.56 Å². The van der Waals surface area contributed by atoms with Crippen molar-refractivity contribution in [1.29, 1.82) is 5.26 Å². The topological polar surface area (TPSA) is 63.1 Å². The summed E-state index contributed by atoms with van der Waals surface area (Å²) in [6.07, 6.45) is 4.74. The molecule has 0 aliphatic rings. The Morgan fingerprint density at radius 2 is 2.38 bits per heavy atom. The normalized spacial score (nSPS) is 10.1. The minimum absolute atomic E-state index is 0.0700. The third-order valence-corrected chi connectivity index (χ3v) is 1.78. The van der Waals surface area contributed by atoms with E-state index in [-0.39, 0.29) is 12.1 Å². The maximum absolute atomic E-state index is 11.5. The summed E-state index contributed by atoms with van der Waals surface area (Å²) >= 11 is 0. The second-order valence-corrected chi connectivity index (χ2v) is 2.55. The molecule has 2 heterocycles. The van der Waals surface area contributed by atoms with Crippen LogP contribution in [0.15, 0.2) is 29.5 Å². The second kappa shape index (κ2) is 2.75. The third kappa shape index (κ3) is 1.08. The fourth-order valence-corrected chi connectivity index (χ4v) is 1.16. The fraction of sp³-hybridized carbons (Fsp3) is 0.125. The van der Waals surface area contributed by atoms with E-state index in [9.17, 15) is 4.79 Å². The average molecular weight is 174 g/mol. The molecule has 0 unspecified atom stereocenters. The van der Waals surface area contributed by atoms with Gasteiger partial charge in [0.2, 0.25) is 0 Å². The summed E-state index contributed by atoms with van der Waals surface area (Å²) in [5.41, 5.74) is 0.291. The molecule has 64 valence electrons. The van der Waals surface area contributed by atoms with Crippen molar-refractivity contribution in [3.63, 3.8) is 0 Å². The van der Waals surface area contributed by atoms with E-state index in [1.165, 1.54) is 9.08 Å². The number of nitrogens with zero attached hydrogens (tertiary/aromatic N) is 4. The van der Waals surface area contributed by atoms with Crippen molar-refractivity contribution in [2.75, 3.05) is 0 Å². The highest BCUT2D eigenvalue weighted by atomic mass is 16.1. The van der Waals surface area contributed by atoms with Gasteiger partial charge in [-0.1, -0.05) is 0 Å². The number of aromatic nitrogens is 3. The van der Waals surface area contributed by atoms with Crippen LogP contribution in [0.2, 0.25) is 0 Å². The van der Waals surface area contributed by atoms with E-state index in [2.05, 4.69) is 5.10 Å². The maximum Gasteiger partial charge on any atom is 0.277 e. The molecular weight excluding hydrogens is 168 g/mol. The van der Waals surface area contributed by atoms with Gasteiger partial charge in [0.1, 0.15) is 12.1 Å². The Morgan fingerprint density at radius 3 is 3.15 bits per heavy atom. The van der Waals surface area contributed by atoms with Gasteiger partial charge in [0.05, 0.1) is 12.3 Å². The largest absolute Gasteiger partial charge is 0.298 e. The molecule has 0 saturated heterocycles. The first-order valence-electron chi connectivity index (χ1n) is 3.72. The molecule has 13 heavy (non-hydrogen) atoms. The van der Waals surface area contributed by atoms with Crippen LogP contribution in [-0.2, 0) is 6.54 Å². The number of rotatable bonds is 1.